The van der Waals surface area contributed by atoms with Crippen LogP contribution in [0.25, 0.3) is 5.78 Å². The fourth-order valence-corrected chi connectivity index (χ4v) is 6.25. The second-order valence-corrected chi connectivity index (χ2v) is 10.7. The largest absolute Gasteiger partial charge is 0.360 e. The van der Waals surface area contributed by atoms with Crippen molar-refractivity contribution in [1.29, 1.82) is 0 Å². The van der Waals surface area contributed by atoms with E-state index in [0.717, 1.165) is 17.0 Å². The van der Waals surface area contributed by atoms with E-state index in [1.165, 1.54) is 16.1 Å². The lowest BCUT2D eigenvalue weighted by atomic mass is 10.1. The Kier molecular flexibility index (Phi) is 6.47. The molecule has 0 atom stereocenters. The van der Waals surface area contributed by atoms with Gasteiger partial charge in [0.05, 0.1) is 6.42 Å². The first kappa shape index (κ1) is 23.6. The highest BCUT2D eigenvalue weighted by Crippen LogP contribution is 2.24. The minimum atomic E-state index is -3.74. The number of hydrogen-bond acceptors (Lipinski definition) is 9. The normalized spacial score (nSPS) is 15.8. The molecule has 1 amide bonds. The van der Waals surface area contributed by atoms with Crippen LogP contribution < -0.4 is 0 Å². The topological polar surface area (TPSA) is 127 Å². The van der Waals surface area contributed by atoms with Crippen molar-refractivity contribution in [2.45, 2.75) is 50.6 Å². The van der Waals surface area contributed by atoms with Crippen LogP contribution in [0.2, 0.25) is 0 Å². The molecule has 3 aromatic heterocycles. The van der Waals surface area contributed by atoms with Crippen molar-refractivity contribution in [2.24, 2.45) is 0 Å². The van der Waals surface area contributed by atoms with E-state index in [1.54, 1.807) is 23.3 Å². The molecule has 11 nitrogen and oxygen atoms in total. The maximum absolute atomic E-state index is 13.2. The Balaban J connectivity index is 1.51. The number of amides is 1. The zero-order valence-corrected chi connectivity index (χ0v) is 21.0. The molecule has 1 saturated heterocycles. The highest BCUT2D eigenvalue weighted by molar-refractivity contribution is 7.98. The number of carbonyl (C=O) groups excluding carboxylic acids is 1. The summed E-state index contributed by atoms with van der Waals surface area (Å²) in [5.74, 6) is 0.723. The fourth-order valence-electron chi connectivity index (χ4n) is 4.15. The zero-order valence-electron chi connectivity index (χ0n) is 19.3. The summed E-state index contributed by atoms with van der Waals surface area (Å²) in [7, 11) is -3.74. The second kappa shape index (κ2) is 9.03. The van der Waals surface area contributed by atoms with Crippen LogP contribution in [0.5, 0.6) is 0 Å². The third-order valence-electron chi connectivity index (χ3n) is 5.91. The van der Waals surface area contributed by atoms with Crippen molar-refractivity contribution in [3.63, 3.8) is 0 Å². The standard InChI is InChI=1S/C20H27N7O4S2/c1-12-16(14(3)27-19(21-12)22-20(23-27)32-5)11-17(28)25-7-6-8-26(10-9-25)33(29,30)18-13(2)24-31-15(18)4/h6-11H2,1-5H3. The summed E-state index contributed by atoms with van der Waals surface area (Å²) in [6.45, 7) is 8.32. The fraction of sp³-hybridized carbons (Fsp3) is 0.550. The maximum atomic E-state index is 13.2. The van der Waals surface area contributed by atoms with Crippen LogP contribution in [0, 0.1) is 27.7 Å². The van der Waals surface area contributed by atoms with E-state index in [0.29, 0.717) is 42.7 Å². The SMILES string of the molecule is CSc1nc2nc(C)c(CC(=O)N3CCCN(S(=O)(=O)c4c(C)noc4C)CC3)c(C)n2n1. The van der Waals surface area contributed by atoms with Gasteiger partial charge in [0.25, 0.3) is 5.78 Å². The third-order valence-corrected chi connectivity index (χ3v) is 8.60. The summed E-state index contributed by atoms with van der Waals surface area (Å²) in [6, 6.07) is 0. The molecule has 13 heteroatoms. The second-order valence-electron chi connectivity index (χ2n) is 8.04. The van der Waals surface area contributed by atoms with Gasteiger partial charge >= 0.3 is 0 Å². The molecule has 0 aromatic carbocycles. The van der Waals surface area contributed by atoms with E-state index in [9.17, 15) is 13.2 Å². The Morgan fingerprint density at radius 3 is 2.48 bits per heavy atom. The van der Waals surface area contributed by atoms with Gasteiger partial charge in [0, 0.05) is 43.1 Å². The number of nitrogens with zero attached hydrogens (tertiary/aromatic N) is 7. The van der Waals surface area contributed by atoms with Crippen LogP contribution in [0.4, 0.5) is 0 Å². The molecule has 0 unspecified atom stereocenters. The van der Waals surface area contributed by atoms with Crippen molar-refractivity contribution < 1.29 is 17.7 Å². The van der Waals surface area contributed by atoms with Gasteiger partial charge in [-0.3, -0.25) is 4.79 Å². The van der Waals surface area contributed by atoms with Gasteiger partial charge < -0.3 is 9.42 Å². The van der Waals surface area contributed by atoms with E-state index in [-0.39, 0.29) is 29.5 Å². The predicted molar refractivity (Wildman–Crippen MR) is 122 cm³/mol. The number of thioether (sulfide) groups is 1. The summed E-state index contributed by atoms with van der Waals surface area (Å²) >= 11 is 1.43. The van der Waals surface area contributed by atoms with Crippen LogP contribution in [0.3, 0.4) is 0 Å². The van der Waals surface area contributed by atoms with E-state index in [1.807, 2.05) is 20.1 Å². The van der Waals surface area contributed by atoms with Gasteiger partial charge in [-0.1, -0.05) is 16.9 Å². The molecule has 0 spiro atoms. The Labute approximate surface area is 196 Å². The van der Waals surface area contributed by atoms with Crippen LogP contribution >= 0.6 is 11.8 Å². The van der Waals surface area contributed by atoms with Gasteiger partial charge in [-0.05, 0) is 40.4 Å². The molecular formula is C20H27N7O4S2. The lowest BCUT2D eigenvalue weighted by Gasteiger charge is -2.22. The van der Waals surface area contributed by atoms with Gasteiger partial charge in [-0.25, -0.2) is 17.9 Å². The Morgan fingerprint density at radius 2 is 1.82 bits per heavy atom. The van der Waals surface area contributed by atoms with Gasteiger partial charge in [0.15, 0.2) is 5.76 Å². The average molecular weight is 494 g/mol. The molecule has 0 N–H and O–H groups in total. The van der Waals surface area contributed by atoms with Gasteiger partial charge in [0.1, 0.15) is 10.6 Å². The van der Waals surface area contributed by atoms with Crippen LogP contribution in [0.1, 0.15) is 34.8 Å². The molecule has 0 bridgehead atoms. The summed E-state index contributed by atoms with van der Waals surface area (Å²) < 4.78 is 34.4. The number of carbonyl (C=O) groups is 1. The summed E-state index contributed by atoms with van der Waals surface area (Å²) in [5.41, 5.74) is 2.73. The van der Waals surface area contributed by atoms with Gasteiger partial charge in [-0.2, -0.15) is 9.29 Å². The molecule has 0 saturated carbocycles. The van der Waals surface area contributed by atoms with Crippen molar-refractivity contribution >= 4 is 33.5 Å². The quantitative estimate of drug-likeness (QED) is 0.486. The minimum absolute atomic E-state index is 0.0656. The van der Waals surface area contributed by atoms with E-state index >= 15 is 0 Å². The molecule has 33 heavy (non-hydrogen) atoms. The molecule has 1 fully saturated rings. The first-order chi connectivity index (χ1) is 15.6. The number of aromatic nitrogens is 5. The Bertz CT molecular complexity index is 1300. The molecule has 3 aromatic rings. The highest BCUT2D eigenvalue weighted by atomic mass is 32.2. The van der Waals surface area contributed by atoms with Gasteiger partial charge in [0.2, 0.25) is 21.1 Å². The monoisotopic (exact) mass is 493 g/mol. The maximum Gasteiger partial charge on any atom is 0.253 e. The van der Waals surface area contributed by atoms with Crippen molar-refractivity contribution in [2.75, 3.05) is 32.4 Å². The smallest absolute Gasteiger partial charge is 0.253 e. The van der Waals surface area contributed by atoms with Gasteiger partial charge in [-0.15, -0.1) is 5.10 Å². The van der Waals surface area contributed by atoms with E-state index in [2.05, 4.69) is 20.2 Å². The lowest BCUT2D eigenvalue weighted by molar-refractivity contribution is -0.130. The van der Waals surface area contributed by atoms with Crippen LogP contribution in [0.15, 0.2) is 14.6 Å². The molecule has 1 aliphatic rings. The highest BCUT2D eigenvalue weighted by Gasteiger charge is 2.33. The molecular weight excluding hydrogens is 466 g/mol. The number of fused-ring (bicyclic) bond motifs is 1. The number of sulfonamides is 1. The molecule has 0 radical (unpaired) electrons. The zero-order chi connectivity index (χ0) is 23.9. The Morgan fingerprint density at radius 1 is 1.06 bits per heavy atom. The summed E-state index contributed by atoms with van der Waals surface area (Å²) in [6.07, 6.45) is 2.62. The summed E-state index contributed by atoms with van der Waals surface area (Å²) in [4.78, 5) is 23.9. The molecule has 178 valence electrons. The van der Waals surface area contributed by atoms with E-state index in [4.69, 9.17) is 4.52 Å². The first-order valence-corrected chi connectivity index (χ1v) is 13.3. The third kappa shape index (κ3) is 4.36. The van der Waals surface area contributed by atoms with Crippen molar-refractivity contribution in [3.8, 4) is 0 Å². The minimum Gasteiger partial charge on any atom is -0.360 e. The number of hydrogen-bond donors (Lipinski definition) is 0. The predicted octanol–water partition coefficient (Wildman–Crippen LogP) is 1.53. The van der Waals surface area contributed by atoms with Crippen molar-refractivity contribution in [1.82, 2.24) is 33.9 Å². The van der Waals surface area contributed by atoms with Crippen LogP contribution in [-0.4, -0.2) is 80.7 Å². The summed E-state index contributed by atoms with van der Waals surface area (Å²) in [5, 5.41) is 8.83. The number of aryl methyl sites for hydroxylation is 4. The van der Waals surface area contributed by atoms with E-state index < -0.39 is 10.0 Å². The molecule has 0 aliphatic carbocycles. The lowest BCUT2D eigenvalue weighted by Crippen LogP contribution is -2.38. The molecule has 4 heterocycles. The van der Waals surface area contributed by atoms with Crippen LogP contribution in [-0.2, 0) is 21.2 Å². The first-order valence-electron chi connectivity index (χ1n) is 10.6. The average Bonchev–Trinajstić information content (AvgIpc) is 3.22. The number of rotatable bonds is 5. The Hall–Kier alpha value is -2.51. The molecule has 4 rings (SSSR count). The van der Waals surface area contributed by atoms with Crippen molar-refractivity contribution in [3.05, 3.63) is 28.4 Å². The molecule has 1 aliphatic heterocycles.